The van der Waals surface area contributed by atoms with E-state index in [0.717, 1.165) is 0 Å². The Morgan fingerprint density at radius 3 is 2.36 bits per heavy atom. The Morgan fingerprint density at radius 2 is 1.77 bits per heavy atom. The summed E-state index contributed by atoms with van der Waals surface area (Å²) in [7, 11) is 0. The van der Waals surface area contributed by atoms with E-state index in [1.807, 2.05) is 20.8 Å². The standard InChI is InChI=1S/C15H16Cl2N4O/c1-15(2,3)21-13(22)9-7-18-14(19-8-9)20-11-6-4-5-10(16)12(11)17/h4-8H,1-3H3,(H,21,22)(H,18,19,20). The maximum absolute atomic E-state index is 12.0. The first-order valence-electron chi connectivity index (χ1n) is 6.62. The van der Waals surface area contributed by atoms with Crippen molar-refractivity contribution in [1.82, 2.24) is 15.3 Å². The molecule has 22 heavy (non-hydrogen) atoms. The molecule has 2 N–H and O–H groups in total. The predicted octanol–water partition coefficient (Wildman–Crippen LogP) is 4.06. The molecule has 0 saturated carbocycles. The van der Waals surface area contributed by atoms with Crippen molar-refractivity contribution >= 4 is 40.7 Å². The van der Waals surface area contributed by atoms with Crippen LogP contribution in [0.25, 0.3) is 0 Å². The van der Waals surface area contributed by atoms with E-state index < -0.39 is 0 Å². The van der Waals surface area contributed by atoms with Crippen molar-refractivity contribution in [2.75, 3.05) is 5.32 Å². The van der Waals surface area contributed by atoms with E-state index in [1.165, 1.54) is 12.4 Å². The quantitative estimate of drug-likeness (QED) is 0.885. The van der Waals surface area contributed by atoms with Crippen LogP contribution in [-0.4, -0.2) is 21.4 Å². The highest BCUT2D eigenvalue weighted by atomic mass is 35.5. The fourth-order valence-corrected chi connectivity index (χ4v) is 1.99. The molecule has 5 nitrogen and oxygen atoms in total. The van der Waals surface area contributed by atoms with Gasteiger partial charge in [-0.25, -0.2) is 9.97 Å². The molecule has 0 atom stereocenters. The molecule has 116 valence electrons. The first-order valence-corrected chi connectivity index (χ1v) is 7.37. The number of halogens is 2. The predicted molar refractivity (Wildman–Crippen MR) is 89.0 cm³/mol. The molecule has 1 heterocycles. The molecule has 0 aliphatic heterocycles. The van der Waals surface area contributed by atoms with E-state index in [2.05, 4.69) is 20.6 Å². The van der Waals surface area contributed by atoms with Gasteiger partial charge in [0.2, 0.25) is 5.95 Å². The summed E-state index contributed by atoms with van der Waals surface area (Å²) in [4.78, 5) is 20.2. The smallest absolute Gasteiger partial charge is 0.254 e. The molecule has 2 rings (SSSR count). The van der Waals surface area contributed by atoms with Crippen LogP contribution in [0.2, 0.25) is 10.0 Å². The molecule has 7 heteroatoms. The van der Waals surface area contributed by atoms with E-state index in [9.17, 15) is 4.79 Å². The summed E-state index contributed by atoms with van der Waals surface area (Å²) < 4.78 is 0. The molecule has 0 spiro atoms. The van der Waals surface area contributed by atoms with Crippen LogP contribution in [0.3, 0.4) is 0 Å². The van der Waals surface area contributed by atoms with Crippen molar-refractivity contribution in [3.05, 3.63) is 46.2 Å². The number of rotatable bonds is 3. The van der Waals surface area contributed by atoms with Gasteiger partial charge >= 0.3 is 0 Å². The van der Waals surface area contributed by atoms with Gasteiger partial charge in [-0.3, -0.25) is 4.79 Å². The molecular weight excluding hydrogens is 323 g/mol. The highest BCUT2D eigenvalue weighted by Gasteiger charge is 2.16. The maximum atomic E-state index is 12.0. The Kier molecular flexibility index (Phi) is 4.88. The van der Waals surface area contributed by atoms with Crippen LogP contribution in [0.1, 0.15) is 31.1 Å². The van der Waals surface area contributed by atoms with Gasteiger partial charge in [0.05, 0.1) is 21.3 Å². The Morgan fingerprint density at radius 1 is 1.14 bits per heavy atom. The minimum absolute atomic E-state index is 0.222. The average molecular weight is 339 g/mol. The van der Waals surface area contributed by atoms with Crippen LogP contribution in [0.15, 0.2) is 30.6 Å². The van der Waals surface area contributed by atoms with Gasteiger partial charge in [0.25, 0.3) is 5.91 Å². The molecule has 2 aromatic rings. The van der Waals surface area contributed by atoms with Gasteiger partial charge in [-0.15, -0.1) is 0 Å². The SMILES string of the molecule is CC(C)(C)NC(=O)c1cnc(Nc2cccc(Cl)c2Cl)nc1. The van der Waals surface area contributed by atoms with Gasteiger partial charge in [-0.05, 0) is 32.9 Å². The summed E-state index contributed by atoms with van der Waals surface area (Å²) in [6.07, 6.45) is 2.91. The Labute approximate surface area is 139 Å². The molecule has 0 radical (unpaired) electrons. The van der Waals surface area contributed by atoms with Crippen molar-refractivity contribution in [1.29, 1.82) is 0 Å². The maximum Gasteiger partial charge on any atom is 0.254 e. The van der Waals surface area contributed by atoms with Gasteiger partial charge in [-0.1, -0.05) is 29.3 Å². The number of nitrogens with zero attached hydrogens (tertiary/aromatic N) is 2. The number of nitrogens with one attached hydrogen (secondary N) is 2. The van der Waals surface area contributed by atoms with Gasteiger partial charge in [0.15, 0.2) is 0 Å². The number of aromatic nitrogens is 2. The summed E-state index contributed by atoms with van der Waals surface area (Å²) in [6.45, 7) is 5.72. The van der Waals surface area contributed by atoms with Crippen LogP contribution in [0, 0.1) is 0 Å². The number of carbonyl (C=O) groups is 1. The third-order valence-corrected chi connectivity index (χ3v) is 3.42. The molecule has 0 bridgehead atoms. The minimum Gasteiger partial charge on any atom is -0.347 e. The van der Waals surface area contributed by atoms with Gasteiger partial charge in [0.1, 0.15) is 0 Å². The third kappa shape index (κ3) is 4.32. The van der Waals surface area contributed by atoms with E-state index in [0.29, 0.717) is 27.2 Å². The number of benzene rings is 1. The zero-order valence-electron chi connectivity index (χ0n) is 12.4. The van der Waals surface area contributed by atoms with E-state index in [1.54, 1.807) is 18.2 Å². The van der Waals surface area contributed by atoms with E-state index >= 15 is 0 Å². The summed E-state index contributed by atoms with van der Waals surface area (Å²) in [6, 6.07) is 5.22. The lowest BCUT2D eigenvalue weighted by atomic mass is 10.1. The Balaban J connectivity index is 2.12. The van der Waals surface area contributed by atoms with Crippen LogP contribution in [0.4, 0.5) is 11.6 Å². The fraction of sp³-hybridized carbons (Fsp3) is 0.267. The highest BCUT2D eigenvalue weighted by molar-refractivity contribution is 6.43. The average Bonchev–Trinajstić information content (AvgIpc) is 2.43. The molecule has 1 amide bonds. The molecule has 1 aromatic heterocycles. The molecular formula is C15H16Cl2N4O. The van der Waals surface area contributed by atoms with Crippen LogP contribution >= 0.6 is 23.2 Å². The number of hydrogen-bond acceptors (Lipinski definition) is 4. The van der Waals surface area contributed by atoms with Crippen molar-refractivity contribution < 1.29 is 4.79 Å². The highest BCUT2D eigenvalue weighted by Crippen LogP contribution is 2.30. The zero-order valence-corrected chi connectivity index (χ0v) is 14.0. The Hall–Kier alpha value is -1.85. The van der Waals surface area contributed by atoms with E-state index in [4.69, 9.17) is 23.2 Å². The fourth-order valence-electron chi connectivity index (χ4n) is 1.64. The van der Waals surface area contributed by atoms with E-state index in [-0.39, 0.29) is 11.4 Å². The zero-order chi connectivity index (χ0) is 16.3. The van der Waals surface area contributed by atoms with Gasteiger partial charge < -0.3 is 10.6 Å². The van der Waals surface area contributed by atoms with Crippen molar-refractivity contribution in [2.24, 2.45) is 0 Å². The summed E-state index contributed by atoms with van der Waals surface area (Å²) >= 11 is 12.0. The lowest BCUT2D eigenvalue weighted by Crippen LogP contribution is -2.40. The lowest BCUT2D eigenvalue weighted by Gasteiger charge is -2.20. The molecule has 0 saturated heterocycles. The monoisotopic (exact) mass is 338 g/mol. The van der Waals surface area contributed by atoms with Crippen molar-refractivity contribution in [3.63, 3.8) is 0 Å². The third-order valence-electron chi connectivity index (χ3n) is 2.60. The second-order valence-electron chi connectivity index (χ2n) is 5.73. The molecule has 0 aliphatic carbocycles. The Bertz CT molecular complexity index is 681. The molecule has 0 fully saturated rings. The van der Waals surface area contributed by atoms with Gasteiger partial charge in [-0.2, -0.15) is 0 Å². The normalized spacial score (nSPS) is 11.1. The first kappa shape index (κ1) is 16.5. The number of amides is 1. The second-order valence-corrected chi connectivity index (χ2v) is 6.51. The van der Waals surface area contributed by atoms with Crippen LogP contribution in [-0.2, 0) is 0 Å². The largest absolute Gasteiger partial charge is 0.347 e. The molecule has 0 aliphatic rings. The summed E-state index contributed by atoms with van der Waals surface area (Å²) in [5.41, 5.74) is 0.668. The number of carbonyl (C=O) groups excluding carboxylic acids is 1. The van der Waals surface area contributed by atoms with Crippen molar-refractivity contribution in [3.8, 4) is 0 Å². The first-order chi connectivity index (χ1) is 10.3. The number of hydrogen-bond donors (Lipinski definition) is 2. The second kappa shape index (κ2) is 6.50. The summed E-state index contributed by atoms with van der Waals surface area (Å²) in [5.74, 6) is 0.108. The molecule has 1 aromatic carbocycles. The number of anilines is 2. The topological polar surface area (TPSA) is 66.9 Å². The van der Waals surface area contributed by atoms with Crippen LogP contribution < -0.4 is 10.6 Å². The van der Waals surface area contributed by atoms with Crippen LogP contribution in [0.5, 0.6) is 0 Å². The summed E-state index contributed by atoms with van der Waals surface area (Å²) in [5, 5.41) is 6.63. The molecule has 0 unspecified atom stereocenters. The minimum atomic E-state index is -0.317. The van der Waals surface area contributed by atoms with Gasteiger partial charge in [0, 0.05) is 17.9 Å². The van der Waals surface area contributed by atoms with Crippen molar-refractivity contribution in [2.45, 2.75) is 26.3 Å². The lowest BCUT2D eigenvalue weighted by molar-refractivity contribution is 0.0919.